The van der Waals surface area contributed by atoms with E-state index in [-0.39, 0.29) is 24.1 Å². The number of carbonyl (C=O) groups excluding carboxylic acids is 2. The molecule has 2 aliphatic rings. The van der Waals surface area contributed by atoms with Gasteiger partial charge in [0, 0.05) is 44.5 Å². The van der Waals surface area contributed by atoms with Gasteiger partial charge >= 0.3 is 0 Å². The maximum Gasteiger partial charge on any atom is 0.274 e. The van der Waals surface area contributed by atoms with Gasteiger partial charge in [-0.25, -0.2) is 4.39 Å². The number of rotatable bonds is 4. The second-order valence-electron chi connectivity index (χ2n) is 7.68. The minimum atomic E-state index is -0.405. The predicted octanol–water partition coefficient (Wildman–Crippen LogP) is 2.53. The summed E-state index contributed by atoms with van der Waals surface area (Å²) in [6, 6.07) is 6.64. The molecule has 0 saturated carbocycles. The van der Waals surface area contributed by atoms with Gasteiger partial charge in [-0.1, -0.05) is 0 Å². The highest BCUT2D eigenvalue weighted by molar-refractivity contribution is 5.94. The van der Waals surface area contributed by atoms with Crippen molar-refractivity contribution in [2.24, 2.45) is 0 Å². The molecule has 0 spiro atoms. The highest BCUT2D eigenvalue weighted by Crippen LogP contribution is 2.23. The highest BCUT2D eigenvalue weighted by Gasteiger charge is 2.26. The van der Waals surface area contributed by atoms with Crippen molar-refractivity contribution in [1.29, 1.82) is 0 Å². The van der Waals surface area contributed by atoms with Crippen LogP contribution in [0.5, 0.6) is 0 Å². The van der Waals surface area contributed by atoms with Gasteiger partial charge in [0.25, 0.3) is 5.91 Å². The Morgan fingerprint density at radius 1 is 1.17 bits per heavy atom. The van der Waals surface area contributed by atoms with Gasteiger partial charge in [-0.15, -0.1) is 12.4 Å². The number of ketones is 1. The Hall–Kier alpha value is -2.45. The zero-order valence-electron chi connectivity index (χ0n) is 17.0. The van der Waals surface area contributed by atoms with Gasteiger partial charge < -0.3 is 15.1 Å². The molecule has 0 aliphatic carbocycles. The number of piperazine rings is 1. The number of Topliss-reactive ketones (excluding diaryl/α,β-unsaturated/α-hetero) is 1. The van der Waals surface area contributed by atoms with Crippen LogP contribution in [-0.4, -0.2) is 65.6 Å². The molecule has 1 aromatic carbocycles. The Labute approximate surface area is 181 Å². The Kier molecular flexibility index (Phi) is 7.10. The number of hydrogen-bond donors (Lipinski definition) is 1. The topological polar surface area (TPSA) is 70.5 Å². The summed E-state index contributed by atoms with van der Waals surface area (Å²) in [5.74, 6) is -0.647. The van der Waals surface area contributed by atoms with Crippen LogP contribution >= 0.6 is 12.4 Å². The molecule has 162 valence electrons. The van der Waals surface area contributed by atoms with Gasteiger partial charge in [0.1, 0.15) is 11.5 Å². The molecule has 0 radical (unpaired) electrons. The molecule has 2 fully saturated rings. The number of piperidine rings is 1. The summed E-state index contributed by atoms with van der Waals surface area (Å²) in [7, 11) is 0. The highest BCUT2D eigenvalue weighted by atomic mass is 35.5. The Morgan fingerprint density at radius 2 is 1.93 bits per heavy atom. The number of anilines is 1. The molecule has 9 heteroatoms. The van der Waals surface area contributed by atoms with E-state index in [0.29, 0.717) is 49.2 Å². The smallest absolute Gasteiger partial charge is 0.274 e. The molecule has 3 heterocycles. The lowest BCUT2D eigenvalue weighted by Crippen LogP contribution is -2.49. The maximum absolute atomic E-state index is 14.4. The van der Waals surface area contributed by atoms with Crippen LogP contribution in [0.2, 0.25) is 0 Å². The lowest BCUT2D eigenvalue weighted by molar-refractivity contribution is 0.0739. The van der Waals surface area contributed by atoms with Crippen molar-refractivity contribution in [3.8, 4) is 0 Å². The zero-order chi connectivity index (χ0) is 20.4. The Bertz CT molecular complexity index is 905. The minimum Gasteiger partial charge on any atom is -0.366 e. The zero-order valence-corrected chi connectivity index (χ0v) is 17.8. The van der Waals surface area contributed by atoms with Crippen LogP contribution in [0.3, 0.4) is 0 Å². The molecule has 1 N–H and O–H groups in total. The fraction of sp³-hybridized carbons (Fsp3) is 0.476. The van der Waals surface area contributed by atoms with Gasteiger partial charge in [0.05, 0.1) is 11.7 Å². The first kappa shape index (κ1) is 22.2. The summed E-state index contributed by atoms with van der Waals surface area (Å²) < 4.78 is 16.3. The number of nitrogens with one attached hydrogen (secondary N) is 1. The summed E-state index contributed by atoms with van der Waals surface area (Å²) in [5, 5.41) is 7.87. The Balaban J connectivity index is 0.00000256. The van der Waals surface area contributed by atoms with Gasteiger partial charge in [0.15, 0.2) is 5.78 Å². The molecule has 30 heavy (non-hydrogen) atoms. The van der Waals surface area contributed by atoms with Crippen LogP contribution < -0.4 is 10.2 Å². The van der Waals surface area contributed by atoms with E-state index in [1.165, 1.54) is 13.0 Å². The predicted molar refractivity (Wildman–Crippen MR) is 115 cm³/mol. The van der Waals surface area contributed by atoms with Gasteiger partial charge in [0.2, 0.25) is 0 Å². The van der Waals surface area contributed by atoms with Crippen LogP contribution in [0.4, 0.5) is 10.1 Å². The molecule has 2 aliphatic heterocycles. The van der Waals surface area contributed by atoms with Crippen LogP contribution in [0.15, 0.2) is 30.5 Å². The van der Waals surface area contributed by atoms with E-state index in [9.17, 15) is 14.0 Å². The molecule has 2 aromatic rings. The lowest BCUT2D eigenvalue weighted by atomic mass is 10.1. The van der Waals surface area contributed by atoms with E-state index < -0.39 is 5.82 Å². The van der Waals surface area contributed by atoms with Crippen molar-refractivity contribution in [3.63, 3.8) is 0 Å². The second kappa shape index (κ2) is 9.57. The molecule has 1 unspecified atom stereocenters. The van der Waals surface area contributed by atoms with E-state index in [4.69, 9.17) is 0 Å². The number of benzene rings is 1. The Morgan fingerprint density at radius 3 is 2.57 bits per heavy atom. The third-order valence-electron chi connectivity index (χ3n) is 5.73. The molecule has 4 rings (SSSR count). The first-order chi connectivity index (χ1) is 14.0. The molecule has 1 atom stereocenters. The van der Waals surface area contributed by atoms with Gasteiger partial charge in [-0.3, -0.25) is 14.3 Å². The summed E-state index contributed by atoms with van der Waals surface area (Å²) in [6.07, 6.45) is 4.06. The average molecular weight is 436 g/mol. The fourth-order valence-electron chi connectivity index (χ4n) is 4.01. The molecular weight excluding hydrogens is 409 g/mol. The lowest BCUT2D eigenvalue weighted by Gasteiger charge is -2.36. The quantitative estimate of drug-likeness (QED) is 0.747. The van der Waals surface area contributed by atoms with E-state index >= 15 is 0 Å². The van der Waals surface area contributed by atoms with Crippen molar-refractivity contribution in [2.45, 2.75) is 25.8 Å². The van der Waals surface area contributed by atoms with Crippen molar-refractivity contribution >= 4 is 29.8 Å². The van der Waals surface area contributed by atoms with E-state index in [1.54, 1.807) is 23.1 Å². The molecular formula is C21H27ClFN5O2. The maximum atomic E-state index is 14.4. The first-order valence-corrected chi connectivity index (χ1v) is 10.1. The van der Waals surface area contributed by atoms with Crippen LogP contribution in [0, 0.1) is 5.82 Å². The van der Waals surface area contributed by atoms with E-state index in [1.807, 2.05) is 15.8 Å². The second-order valence-corrected chi connectivity index (χ2v) is 7.68. The van der Waals surface area contributed by atoms with Crippen molar-refractivity contribution in [2.75, 3.05) is 44.2 Å². The van der Waals surface area contributed by atoms with Crippen molar-refractivity contribution in [1.82, 2.24) is 20.0 Å². The number of hydrogen-bond acceptors (Lipinski definition) is 5. The number of nitrogens with zero attached hydrogens (tertiary/aromatic N) is 4. The number of carbonyl (C=O) groups is 2. The van der Waals surface area contributed by atoms with Crippen molar-refractivity contribution < 1.29 is 14.0 Å². The van der Waals surface area contributed by atoms with E-state index in [2.05, 4.69) is 10.4 Å². The van der Waals surface area contributed by atoms with Crippen molar-refractivity contribution in [3.05, 3.63) is 47.5 Å². The molecule has 7 nitrogen and oxygen atoms in total. The normalized spacial score (nSPS) is 19.3. The fourth-order valence-corrected chi connectivity index (χ4v) is 4.01. The third-order valence-corrected chi connectivity index (χ3v) is 5.73. The number of amides is 1. The van der Waals surface area contributed by atoms with Crippen LogP contribution in [0.1, 0.15) is 46.7 Å². The third kappa shape index (κ3) is 4.65. The molecule has 2 saturated heterocycles. The SMILES string of the molecule is CC(=O)c1ccc(N2CCN(C(=O)c3ccn(C4CCCNC4)n3)CC2)c(F)c1.Cl. The number of halogens is 2. The van der Waals surface area contributed by atoms with E-state index in [0.717, 1.165) is 25.9 Å². The largest absolute Gasteiger partial charge is 0.366 e. The summed E-state index contributed by atoms with van der Waals surface area (Å²) >= 11 is 0. The average Bonchev–Trinajstić information content (AvgIpc) is 3.24. The van der Waals surface area contributed by atoms with Gasteiger partial charge in [-0.05, 0) is 50.6 Å². The standard InChI is InChI=1S/C21H26FN5O2.ClH/c1-15(28)16-4-5-20(18(22)13-16)25-9-11-26(12-10-25)21(29)19-6-8-27(24-19)17-3-2-7-23-14-17;/h4-6,8,13,17,23H,2-3,7,9-12,14H2,1H3;1H. The number of aromatic nitrogens is 2. The minimum absolute atomic E-state index is 0. The van der Waals surface area contributed by atoms with Gasteiger partial charge in [-0.2, -0.15) is 5.10 Å². The molecule has 1 amide bonds. The summed E-state index contributed by atoms with van der Waals surface area (Å²) in [5.41, 5.74) is 1.29. The van der Waals surface area contributed by atoms with Crippen LogP contribution in [0.25, 0.3) is 0 Å². The monoisotopic (exact) mass is 435 g/mol. The first-order valence-electron chi connectivity index (χ1n) is 10.1. The molecule has 0 bridgehead atoms. The summed E-state index contributed by atoms with van der Waals surface area (Å²) in [4.78, 5) is 27.9. The van der Waals surface area contributed by atoms with Crippen LogP contribution in [-0.2, 0) is 0 Å². The molecule has 1 aromatic heterocycles. The summed E-state index contributed by atoms with van der Waals surface area (Å²) in [6.45, 7) is 5.42.